The Kier molecular flexibility index (Phi) is 3.02. The van der Waals surface area contributed by atoms with Gasteiger partial charge in [0.1, 0.15) is 29.5 Å². The van der Waals surface area contributed by atoms with Crippen LogP contribution in [0.15, 0.2) is 12.4 Å². The lowest BCUT2D eigenvalue weighted by Gasteiger charge is -2.05. The standard InChI is InChI=1S/C11H10N6O/c1-6-7(4-12)10(13)17-11(16-6)8-3-9(18-2)15-5-14-8/h3,5H,1-2H3,(H2,13,16,17). The first kappa shape index (κ1) is 11.7. The maximum Gasteiger partial charge on any atom is 0.216 e. The number of nitrogens with zero attached hydrogens (tertiary/aromatic N) is 5. The normalized spacial score (nSPS) is 9.83. The number of hydrogen-bond acceptors (Lipinski definition) is 7. The first-order chi connectivity index (χ1) is 8.65. The molecule has 0 aliphatic carbocycles. The van der Waals surface area contributed by atoms with Crippen molar-refractivity contribution in [3.8, 4) is 23.5 Å². The number of nitrogens with two attached hydrogens (primary N) is 1. The van der Waals surface area contributed by atoms with Gasteiger partial charge in [-0.15, -0.1) is 0 Å². The molecule has 7 nitrogen and oxygen atoms in total. The Bertz CT molecular complexity index is 611. The van der Waals surface area contributed by atoms with Gasteiger partial charge in [-0.05, 0) is 6.92 Å². The number of ether oxygens (including phenoxy) is 1. The predicted octanol–water partition coefficient (Wildman–Crippen LogP) is 0.704. The Labute approximate surface area is 103 Å². The number of hydrogen-bond donors (Lipinski definition) is 1. The first-order valence-electron chi connectivity index (χ1n) is 5.06. The van der Waals surface area contributed by atoms with Crippen LogP contribution in [-0.4, -0.2) is 27.0 Å². The summed E-state index contributed by atoms with van der Waals surface area (Å²) < 4.78 is 4.99. The number of anilines is 1. The molecule has 0 fully saturated rings. The average Bonchev–Trinajstić information content (AvgIpc) is 2.38. The minimum atomic E-state index is 0.137. The van der Waals surface area contributed by atoms with E-state index < -0.39 is 0 Å². The van der Waals surface area contributed by atoms with Gasteiger partial charge in [-0.2, -0.15) is 5.26 Å². The zero-order valence-electron chi connectivity index (χ0n) is 9.88. The molecule has 90 valence electrons. The molecule has 0 aromatic carbocycles. The number of nitrogen functional groups attached to an aromatic ring is 1. The third-order valence-electron chi connectivity index (χ3n) is 2.31. The second kappa shape index (κ2) is 4.63. The Hall–Kier alpha value is -2.75. The quantitative estimate of drug-likeness (QED) is 0.825. The van der Waals surface area contributed by atoms with E-state index >= 15 is 0 Å². The average molecular weight is 242 g/mol. The summed E-state index contributed by atoms with van der Waals surface area (Å²) in [5, 5.41) is 8.89. The molecule has 7 heteroatoms. The fourth-order valence-electron chi connectivity index (χ4n) is 1.42. The zero-order chi connectivity index (χ0) is 13.1. The molecule has 0 spiro atoms. The highest BCUT2D eigenvalue weighted by Crippen LogP contribution is 2.19. The van der Waals surface area contributed by atoms with Gasteiger partial charge in [0, 0.05) is 6.07 Å². The van der Waals surface area contributed by atoms with Crippen LogP contribution in [0.2, 0.25) is 0 Å². The summed E-state index contributed by atoms with van der Waals surface area (Å²) in [5.74, 6) is 0.881. The van der Waals surface area contributed by atoms with E-state index in [2.05, 4.69) is 19.9 Å². The number of rotatable bonds is 2. The predicted molar refractivity (Wildman–Crippen MR) is 63.5 cm³/mol. The van der Waals surface area contributed by atoms with E-state index in [0.29, 0.717) is 23.1 Å². The highest BCUT2D eigenvalue weighted by Gasteiger charge is 2.11. The molecule has 0 atom stereocenters. The van der Waals surface area contributed by atoms with Gasteiger partial charge in [-0.1, -0.05) is 0 Å². The monoisotopic (exact) mass is 242 g/mol. The Morgan fingerprint density at radius 1 is 1.33 bits per heavy atom. The van der Waals surface area contributed by atoms with Gasteiger partial charge >= 0.3 is 0 Å². The van der Waals surface area contributed by atoms with Gasteiger partial charge < -0.3 is 10.5 Å². The first-order valence-corrected chi connectivity index (χ1v) is 5.06. The van der Waals surface area contributed by atoms with Crippen LogP contribution < -0.4 is 10.5 Å². The molecular formula is C11H10N6O. The summed E-state index contributed by atoms with van der Waals surface area (Å²) in [4.78, 5) is 16.2. The summed E-state index contributed by atoms with van der Waals surface area (Å²) in [6, 6.07) is 3.55. The molecule has 0 saturated carbocycles. The Morgan fingerprint density at radius 3 is 2.72 bits per heavy atom. The molecule has 2 aromatic heterocycles. The summed E-state index contributed by atoms with van der Waals surface area (Å²) in [5.41, 5.74) is 6.97. The minimum absolute atomic E-state index is 0.137. The van der Waals surface area contributed by atoms with Gasteiger partial charge in [-0.25, -0.2) is 19.9 Å². The fourth-order valence-corrected chi connectivity index (χ4v) is 1.42. The molecule has 2 N–H and O–H groups in total. The number of aromatic nitrogens is 4. The molecule has 2 rings (SSSR count). The Morgan fingerprint density at radius 2 is 2.11 bits per heavy atom. The topological polar surface area (TPSA) is 111 Å². The van der Waals surface area contributed by atoms with Crippen LogP contribution in [0.1, 0.15) is 11.3 Å². The Balaban J connectivity index is 2.55. The van der Waals surface area contributed by atoms with Crippen molar-refractivity contribution in [1.29, 1.82) is 5.26 Å². The van der Waals surface area contributed by atoms with E-state index in [0.717, 1.165) is 0 Å². The van der Waals surface area contributed by atoms with Crippen LogP contribution in [0.4, 0.5) is 5.82 Å². The van der Waals surface area contributed by atoms with E-state index in [-0.39, 0.29) is 11.4 Å². The molecule has 0 unspecified atom stereocenters. The second-order valence-electron chi connectivity index (χ2n) is 3.45. The van der Waals surface area contributed by atoms with E-state index in [1.165, 1.54) is 13.4 Å². The van der Waals surface area contributed by atoms with Crippen LogP contribution in [0.5, 0.6) is 5.88 Å². The van der Waals surface area contributed by atoms with Crippen molar-refractivity contribution in [2.24, 2.45) is 0 Å². The summed E-state index contributed by atoms with van der Waals surface area (Å²) >= 11 is 0. The van der Waals surface area contributed by atoms with Gasteiger partial charge in [-0.3, -0.25) is 0 Å². The van der Waals surface area contributed by atoms with Gasteiger partial charge in [0.25, 0.3) is 0 Å². The van der Waals surface area contributed by atoms with Crippen LogP contribution in [0.25, 0.3) is 11.5 Å². The number of nitriles is 1. The third kappa shape index (κ3) is 2.04. The maximum absolute atomic E-state index is 8.89. The van der Waals surface area contributed by atoms with Crippen molar-refractivity contribution < 1.29 is 4.74 Å². The number of methoxy groups -OCH3 is 1. The molecule has 0 aliphatic heterocycles. The highest BCUT2D eigenvalue weighted by atomic mass is 16.5. The van der Waals surface area contributed by atoms with E-state index in [9.17, 15) is 0 Å². The summed E-state index contributed by atoms with van der Waals surface area (Å²) in [6.45, 7) is 1.69. The van der Waals surface area contributed by atoms with Crippen LogP contribution in [0, 0.1) is 18.3 Å². The molecule has 18 heavy (non-hydrogen) atoms. The van der Waals surface area contributed by atoms with Crippen molar-refractivity contribution in [1.82, 2.24) is 19.9 Å². The van der Waals surface area contributed by atoms with Crippen LogP contribution in [-0.2, 0) is 0 Å². The molecule has 2 heterocycles. The number of aryl methyl sites for hydroxylation is 1. The molecule has 0 amide bonds. The van der Waals surface area contributed by atoms with Crippen molar-refractivity contribution in [3.63, 3.8) is 0 Å². The SMILES string of the molecule is COc1cc(-c2nc(C)c(C#N)c(N)n2)ncn1. The lowest BCUT2D eigenvalue weighted by atomic mass is 10.2. The van der Waals surface area contributed by atoms with Crippen molar-refractivity contribution in [2.75, 3.05) is 12.8 Å². The molecule has 0 saturated heterocycles. The van der Waals surface area contributed by atoms with E-state index in [1.807, 2.05) is 6.07 Å². The third-order valence-corrected chi connectivity index (χ3v) is 2.31. The van der Waals surface area contributed by atoms with E-state index in [1.54, 1.807) is 13.0 Å². The minimum Gasteiger partial charge on any atom is -0.481 e. The maximum atomic E-state index is 8.89. The van der Waals surface area contributed by atoms with Crippen LogP contribution in [0.3, 0.4) is 0 Å². The van der Waals surface area contributed by atoms with Gasteiger partial charge in [0.05, 0.1) is 12.8 Å². The van der Waals surface area contributed by atoms with Crippen molar-refractivity contribution >= 4 is 5.82 Å². The zero-order valence-corrected chi connectivity index (χ0v) is 9.88. The van der Waals surface area contributed by atoms with Crippen LogP contribution >= 0.6 is 0 Å². The van der Waals surface area contributed by atoms with E-state index in [4.69, 9.17) is 15.7 Å². The van der Waals surface area contributed by atoms with Gasteiger partial charge in [0.2, 0.25) is 5.88 Å². The van der Waals surface area contributed by atoms with Crippen molar-refractivity contribution in [2.45, 2.75) is 6.92 Å². The van der Waals surface area contributed by atoms with Gasteiger partial charge in [0.15, 0.2) is 5.82 Å². The van der Waals surface area contributed by atoms with Crippen molar-refractivity contribution in [3.05, 3.63) is 23.7 Å². The molecule has 2 aromatic rings. The molecule has 0 aliphatic rings. The second-order valence-corrected chi connectivity index (χ2v) is 3.45. The molecule has 0 radical (unpaired) electrons. The highest BCUT2D eigenvalue weighted by molar-refractivity contribution is 5.58. The fraction of sp³-hybridized carbons (Fsp3) is 0.182. The molecule has 0 bridgehead atoms. The summed E-state index contributed by atoms with van der Waals surface area (Å²) in [6.07, 6.45) is 1.35. The lowest BCUT2D eigenvalue weighted by molar-refractivity contribution is 0.397. The molecular weight excluding hydrogens is 232 g/mol. The lowest BCUT2D eigenvalue weighted by Crippen LogP contribution is -2.04. The summed E-state index contributed by atoms with van der Waals surface area (Å²) in [7, 11) is 1.51. The largest absolute Gasteiger partial charge is 0.481 e. The smallest absolute Gasteiger partial charge is 0.216 e.